The van der Waals surface area contributed by atoms with Crippen molar-refractivity contribution in [2.75, 3.05) is 0 Å². The molecule has 1 aromatic carbocycles. The smallest absolute Gasteiger partial charge is 0.168 e. The van der Waals surface area contributed by atoms with Gasteiger partial charge in [-0.3, -0.25) is 0 Å². The highest BCUT2D eigenvalue weighted by molar-refractivity contribution is 5.48. The van der Waals surface area contributed by atoms with Gasteiger partial charge in [0.15, 0.2) is 5.69 Å². The molecule has 0 radical (unpaired) electrons. The van der Waals surface area contributed by atoms with Crippen molar-refractivity contribution in [2.45, 2.75) is 19.8 Å². The van der Waals surface area contributed by atoms with Crippen LogP contribution < -0.4 is 5.23 Å². The summed E-state index contributed by atoms with van der Waals surface area (Å²) in [7, 11) is 0. The molecule has 2 heterocycles. The predicted octanol–water partition coefficient (Wildman–Crippen LogP) is 3.07. The van der Waals surface area contributed by atoms with Crippen molar-refractivity contribution in [3.63, 3.8) is 0 Å². The zero-order chi connectivity index (χ0) is 15.7. The molecule has 0 aliphatic rings. The monoisotopic (exact) mass is 299 g/mol. The van der Waals surface area contributed by atoms with Crippen molar-refractivity contribution in [1.29, 1.82) is 0 Å². The van der Waals surface area contributed by atoms with Gasteiger partial charge in [0.2, 0.25) is 0 Å². The van der Waals surface area contributed by atoms with E-state index in [1.807, 2.05) is 44.2 Å². The molecule has 2 N–H and O–H groups in total. The van der Waals surface area contributed by atoms with Crippen LogP contribution in [0.25, 0.3) is 0 Å². The normalized spacial score (nSPS) is 12.8. The van der Waals surface area contributed by atoms with Crippen LogP contribution in [0.4, 0.5) is 5.69 Å². The Morgan fingerprint density at radius 1 is 0.909 bits per heavy atom. The van der Waals surface area contributed by atoms with E-state index in [-0.39, 0.29) is 11.6 Å². The summed E-state index contributed by atoms with van der Waals surface area (Å²) in [6, 6.07) is 14.4. The van der Waals surface area contributed by atoms with Gasteiger partial charge in [0.25, 0.3) is 0 Å². The number of benzene rings is 1. The third-order valence-electron chi connectivity index (χ3n) is 3.59. The van der Waals surface area contributed by atoms with Crippen molar-refractivity contribution >= 4 is 5.69 Å². The zero-order valence-electron chi connectivity index (χ0n) is 12.4. The molecule has 1 atom stereocenters. The summed E-state index contributed by atoms with van der Waals surface area (Å²) in [5.74, 6) is 2.50. The van der Waals surface area contributed by atoms with Gasteiger partial charge >= 0.3 is 0 Å². The van der Waals surface area contributed by atoms with Crippen LogP contribution in [0.1, 0.15) is 34.5 Å². The van der Waals surface area contributed by atoms with Crippen LogP contribution in [-0.2, 0) is 0 Å². The average molecular weight is 299 g/mol. The molecule has 0 aliphatic heterocycles. The Labute approximate surface area is 127 Å². The molecule has 5 nitrogen and oxygen atoms in total. The maximum Gasteiger partial charge on any atom is 0.168 e. The van der Waals surface area contributed by atoms with Gasteiger partial charge in [-0.2, -0.15) is 5.23 Å². The van der Waals surface area contributed by atoms with E-state index in [1.54, 1.807) is 18.2 Å². The van der Waals surface area contributed by atoms with E-state index in [1.165, 1.54) is 0 Å². The minimum absolute atomic E-state index is 0.246. The number of nitrogens with one attached hydrogen (secondary N) is 1. The van der Waals surface area contributed by atoms with E-state index < -0.39 is 5.23 Å². The Morgan fingerprint density at radius 3 is 1.91 bits per heavy atom. The SMILES string of the molecule is Cc1ccc(C(c2ccc(C)o2)c2ccccc2[NH+]([O-])O)o1. The fourth-order valence-corrected chi connectivity index (χ4v) is 2.61. The lowest BCUT2D eigenvalue weighted by Crippen LogP contribution is -2.99. The fourth-order valence-electron chi connectivity index (χ4n) is 2.61. The summed E-state index contributed by atoms with van der Waals surface area (Å²) in [6.07, 6.45) is 0. The number of aryl methyl sites for hydroxylation is 2. The fraction of sp³-hybridized carbons (Fsp3) is 0.176. The molecule has 5 heteroatoms. The van der Waals surface area contributed by atoms with Crippen LogP contribution in [0, 0.1) is 19.1 Å². The number of hydrogen-bond donors (Lipinski definition) is 2. The van der Waals surface area contributed by atoms with Gasteiger partial charge in [-0.25, -0.2) is 5.21 Å². The molecular weight excluding hydrogens is 282 g/mol. The van der Waals surface area contributed by atoms with E-state index >= 15 is 0 Å². The van der Waals surface area contributed by atoms with Crippen LogP contribution in [0.2, 0.25) is 0 Å². The minimum atomic E-state index is -0.966. The van der Waals surface area contributed by atoms with Crippen LogP contribution in [0.5, 0.6) is 0 Å². The average Bonchev–Trinajstić information content (AvgIpc) is 3.09. The third-order valence-corrected chi connectivity index (χ3v) is 3.59. The second-order valence-corrected chi connectivity index (χ2v) is 5.22. The topological polar surface area (TPSA) is 74.0 Å². The molecule has 2 aromatic heterocycles. The lowest BCUT2D eigenvalue weighted by atomic mass is 9.92. The first-order valence-corrected chi connectivity index (χ1v) is 7.01. The Morgan fingerprint density at radius 2 is 1.45 bits per heavy atom. The molecule has 0 amide bonds. The second-order valence-electron chi connectivity index (χ2n) is 5.22. The molecule has 0 saturated heterocycles. The van der Waals surface area contributed by atoms with E-state index in [9.17, 15) is 10.4 Å². The molecule has 114 valence electrons. The molecule has 22 heavy (non-hydrogen) atoms. The van der Waals surface area contributed by atoms with Crippen molar-refractivity contribution in [2.24, 2.45) is 0 Å². The highest BCUT2D eigenvalue weighted by Gasteiger charge is 2.27. The van der Waals surface area contributed by atoms with Crippen molar-refractivity contribution in [3.05, 3.63) is 82.3 Å². The maximum absolute atomic E-state index is 11.5. The first-order valence-electron chi connectivity index (χ1n) is 7.01. The summed E-state index contributed by atoms with van der Waals surface area (Å²) < 4.78 is 11.5. The Bertz CT molecular complexity index is 732. The van der Waals surface area contributed by atoms with Crippen molar-refractivity contribution in [1.82, 2.24) is 0 Å². The van der Waals surface area contributed by atoms with Crippen LogP contribution in [0.15, 0.2) is 57.4 Å². The second kappa shape index (κ2) is 5.81. The Balaban J connectivity index is 2.18. The molecule has 3 aromatic rings. The molecule has 0 aliphatic carbocycles. The number of hydrogen-bond acceptors (Lipinski definition) is 4. The summed E-state index contributed by atoms with van der Waals surface area (Å²) in [4.78, 5) is 0. The molecule has 0 fully saturated rings. The standard InChI is InChI=1S/C17H17NO4/c1-11-7-9-15(21-11)17(16-10-8-12(2)22-16)13-5-3-4-6-14(13)18(19)20/h3-10,17-19H,1-2H3. The zero-order valence-corrected chi connectivity index (χ0v) is 12.4. The molecule has 1 unspecified atom stereocenters. The third kappa shape index (κ3) is 2.69. The summed E-state index contributed by atoms with van der Waals surface area (Å²) >= 11 is 0. The highest BCUT2D eigenvalue weighted by Crippen LogP contribution is 2.36. The largest absolute Gasteiger partial charge is 0.595 e. The molecular formula is C17H17NO4. The van der Waals surface area contributed by atoms with Gasteiger partial charge in [0, 0.05) is 11.6 Å². The van der Waals surface area contributed by atoms with Gasteiger partial charge in [0.05, 0.1) is 0 Å². The Hall–Kier alpha value is -2.34. The van der Waals surface area contributed by atoms with Crippen molar-refractivity contribution in [3.8, 4) is 0 Å². The van der Waals surface area contributed by atoms with Crippen LogP contribution in [-0.4, -0.2) is 5.21 Å². The summed E-state index contributed by atoms with van der Waals surface area (Å²) in [6.45, 7) is 3.72. The summed E-state index contributed by atoms with van der Waals surface area (Å²) in [5.41, 5.74) is 0.898. The number of furan rings is 2. The predicted molar refractivity (Wildman–Crippen MR) is 80.1 cm³/mol. The highest BCUT2D eigenvalue weighted by atomic mass is 16.8. The lowest BCUT2D eigenvalue weighted by molar-refractivity contribution is -0.991. The van der Waals surface area contributed by atoms with Gasteiger partial charge < -0.3 is 14.0 Å². The van der Waals surface area contributed by atoms with Gasteiger partial charge in [-0.15, -0.1) is 0 Å². The van der Waals surface area contributed by atoms with E-state index in [2.05, 4.69) is 0 Å². The van der Waals surface area contributed by atoms with Gasteiger partial charge in [0.1, 0.15) is 29.0 Å². The maximum atomic E-state index is 11.5. The molecule has 0 spiro atoms. The van der Waals surface area contributed by atoms with Gasteiger partial charge in [-0.05, 0) is 38.1 Å². The van der Waals surface area contributed by atoms with Crippen LogP contribution >= 0.6 is 0 Å². The van der Waals surface area contributed by atoms with E-state index in [0.29, 0.717) is 17.1 Å². The number of para-hydroxylation sites is 1. The van der Waals surface area contributed by atoms with E-state index in [0.717, 1.165) is 11.5 Å². The quantitative estimate of drug-likeness (QED) is 0.726. The number of quaternary nitrogens is 1. The summed E-state index contributed by atoms with van der Waals surface area (Å²) in [5, 5.41) is 20.0. The van der Waals surface area contributed by atoms with Crippen LogP contribution in [0.3, 0.4) is 0 Å². The minimum Gasteiger partial charge on any atom is -0.595 e. The Kier molecular flexibility index (Phi) is 3.85. The molecule has 3 rings (SSSR count). The first kappa shape index (κ1) is 14.6. The van der Waals surface area contributed by atoms with Crippen molar-refractivity contribution < 1.29 is 19.3 Å². The lowest BCUT2D eigenvalue weighted by Gasteiger charge is -2.19. The van der Waals surface area contributed by atoms with Gasteiger partial charge in [-0.1, -0.05) is 18.2 Å². The number of rotatable bonds is 4. The molecule has 0 saturated carbocycles. The molecule has 0 bridgehead atoms. The van der Waals surface area contributed by atoms with E-state index in [4.69, 9.17) is 8.83 Å². The first-order chi connectivity index (χ1) is 10.6.